The van der Waals surface area contributed by atoms with Crippen LogP contribution >= 0.6 is 15.9 Å². The lowest BCUT2D eigenvalue weighted by molar-refractivity contribution is -0.144. The SMILES string of the molecule is Nc1cc(Br)cc2[nH]c(C(F)(F)F)nc12. The Morgan fingerprint density at radius 3 is 2.60 bits per heavy atom. The molecule has 0 radical (unpaired) electrons. The van der Waals surface area contributed by atoms with Gasteiger partial charge in [-0.05, 0) is 12.1 Å². The van der Waals surface area contributed by atoms with Gasteiger partial charge in [-0.2, -0.15) is 13.2 Å². The highest BCUT2D eigenvalue weighted by atomic mass is 79.9. The first kappa shape index (κ1) is 10.3. The number of fused-ring (bicyclic) bond motifs is 1. The first-order valence-electron chi connectivity index (χ1n) is 3.90. The molecule has 3 N–H and O–H groups in total. The number of nitrogens with two attached hydrogens (primary N) is 1. The van der Waals surface area contributed by atoms with E-state index in [4.69, 9.17) is 5.73 Å². The van der Waals surface area contributed by atoms with Crippen LogP contribution in [0.15, 0.2) is 16.6 Å². The van der Waals surface area contributed by atoms with Crippen LogP contribution in [-0.2, 0) is 6.18 Å². The van der Waals surface area contributed by atoms with Crippen LogP contribution in [-0.4, -0.2) is 9.97 Å². The van der Waals surface area contributed by atoms with Crippen LogP contribution in [0.2, 0.25) is 0 Å². The summed E-state index contributed by atoms with van der Waals surface area (Å²) >= 11 is 3.13. The quantitative estimate of drug-likeness (QED) is 0.729. The number of nitrogens with one attached hydrogen (secondary N) is 1. The van der Waals surface area contributed by atoms with Gasteiger partial charge in [0.2, 0.25) is 5.82 Å². The Labute approximate surface area is 90.6 Å². The molecule has 0 aliphatic rings. The number of hydrogen-bond donors (Lipinski definition) is 2. The number of anilines is 1. The molecule has 7 heteroatoms. The van der Waals surface area contributed by atoms with E-state index in [2.05, 4.69) is 25.9 Å². The normalized spacial score (nSPS) is 12.3. The molecule has 0 saturated carbocycles. The molecule has 15 heavy (non-hydrogen) atoms. The molecular weight excluding hydrogens is 275 g/mol. The van der Waals surface area contributed by atoms with Crippen molar-refractivity contribution >= 4 is 32.7 Å². The first-order valence-corrected chi connectivity index (χ1v) is 4.69. The van der Waals surface area contributed by atoms with Crippen LogP contribution in [0, 0.1) is 0 Å². The third-order valence-electron chi connectivity index (χ3n) is 1.85. The summed E-state index contributed by atoms with van der Waals surface area (Å²) in [7, 11) is 0. The molecule has 2 aromatic rings. The van der Waals surface area contributed by atoms with Gasteiger partial charge < -0.3 is 10.7 Å². The molecule has 1 aromatic heterocycles. The summed E-state index contributed by atoms with van der Waals surface area (Å²) in [5.41, 5.74) is 6.12. The molecular formula is C8H5BrF3N3. The fourth-order valence-corrected chi connectivity index (χ4v) is 1.72. The van der Waals surface area contributed by atoms with Crippen LogP contribution in [0.4, 0.5) is 18.9 Å². The minimum Gasteiger partial charge on any atom is -0.397 e. The molecule has 0 aliphatic heterocycles. The maximum absolute atomic E-state index is 12.3. The number of imidazole rings is 1. The zero-order valence-electron chi connectivity index (χ0n) is 7.19. The summed E-state index contributed by atoms with van der Waals surface area (Å²) < 4.78 is 37.5. The highest BCUT2D eigenvalue weighted by Crippen LogP contribution is 2.31. The Hall–Kier alpha value is -1.24. The van der Waals surface area contributed by atoms with Gasteiger partial charge in [-0.25, -0.2) is 4.98 Å². The zero-order valence-corrected chi connectivity index (χ0v) is 8.78. The highest BCUT2D eigenvalue weighted by Gasteiger charge is 2.34. The molecule has 2 rings (SSSR count). The van der Waals surface area contributed by atoms with Crippen molar-refractivity contribution in [3.63, 3.8) is 0 Å². The molecule has 0 amide bonds. The Morgan fingerprint density at radius 2 is 2.00 bits per heavy atom. The van der Waals surface area contributed by atoms with Gasteiger partial charge in [0.15, 0.2) is 0 Å². The molecule has 0 saturated heterocycles. The van der Waals surface area contributed by atoms with Crippen LogP contribution in [0.3, 0.4) is 0 Å². The predicted octanol–water partition coefficient (Wildman–Crippen LogP) is 2.93. The lowest BCUT2D eigenvalue weighted by Gasteiger charge is -1.98. The lowest BCUT2D eigenvalue weighted by atomic mass is 10.3. The number of nitrogen functional groups attached to an aromatic ring is 1. The van der Waals surface area contributed by atoms with Crippen molar-refractivity contribution in [2.45, 2.75) is 6.18 Å². The Balaban J connectivity index is 2.71. The molecule has 1 aromatic carbocycles. The molecule has 0 bridgehead atoms. The summed E-state index contributed by atoms with van der Waals surface area (Å²) in [6.45, 7) is 0. The van der Waals surface area contributed by atoms with E-state index in [0.29, 0.717) is 4.47 Å². The molecule has 1 heterocycles. The van der Waals surface area contributed by atoms with E-state index in [0.717, 1.165) is 0 Å². The molecule has 0 fully saturated rings. The lowest BCUT2D eigenvalue weighted by Crippen LogP contribution is -2.06. The van der Waals surface area contributed by atoms with E-state index in [-0.39, 0.29) is 16.7 Å². The molecule has 0 spiro atoms. The smallest absolute Gasteiger partial charge is 0.397 e. The molecule has 0 unspecified atom stereocenters. The van der Waals surface area contributed by atoms with Crippen molar-refractivity contribution in [3.05, 3.63) is 22.4 Å². The van der Waals surface area contributed by atoms with Crippen LogP contribution < -0.4 is 5.73 Å². The van der Waals surface area contributed by atoms with E-state index in [1.165, 1.54) is 12.1 Å². The third kappa shape index (κ3) is 1.79. The van der Waals surface area contributed by atoms with Crippen molar-refractivity contribution < 1.29 is 13.2 Å². The minimum absolute atomic E-state index is 0.130. The number of benzene rings is 1. The second-order valence-corrected chi connectivity index (χ2v) is 3.89. The summed E-state index contributed by atoms with van der Waals surface area (Å²) in [5, 5.41) is 0. The summed E-state index contributed by atoms with van der Waals surface area (Å²) in [5.74, 6) is -1.04. The van der Waals surface area contributed by atoms with Gasteiger partial charge in [-0.15, -0.1) is 0 Å². The Bertz CT molecular complexity index is 518. The molecule has 0 atom stereocenters. The van der Waals surface area contributed by atoms with E-state index >= 15 is 0 Å². The Kier molecular flexibility index (Phi) is 2.14. The standard InChI is InChI=1S/C8H5BrF3N3/c9-3-1-4(13)6-5(2-3)14-7(15-6)8(10,11)12/h1-2H,13H2,(H,14,15). The number of halogens is 4. The van der Waals surface area contributed by atoms with E-state index < -0.39 is 12.0 Å². The van der Waals surface area contributed by atoms with Crippen molar-refractivity contribution in [1.29, 1.82) is 0 Å². The van der Waals surface area contributed by atoms with E-state index in [1.54, 1.807) is 0 Å². The molecule has 80 valence electrons. The zero-order chi connectivity index (χ0) is 11.2. The van der Waals surface area contributed by atoms with Crippen molar-refractivity contribution in [1.82, 2.24) is 9.97 Å². The number of alkyl halides is 3. The van der Waals surface area contributed by atoms with Crippen LogP contribution in [0.1, 0.15) is 5.82 Å². The van der Waals surface area contributed by atoms with Gasteiger partial charge in [0.25, 0.3) is 0 Å². The average Bonchev–Trinajstić information content (AvgIpc) is 2.46. The predicted molar refractivity (Wildman–Crippen MR) is 53.2 cm³/mol. The summed E-state index contributed by atoms with van der Waals surface area (Å²) in [6, 6.07) is 3.00. The highest BCUT2D eigenvalue weighted by molar-refractivity contribution is 9.10. The van der Waals surface area contributed by atoms with Crippen molar-refractivity contribution in [2.75, 3.05) is 5.73 Å². The molecule has 3 nitrogen and oxygen atoms in total. The number of aromatic amines is 1. The second kappa shape index (κ2) is 3.13. The van der Waals surface area contributed by atoms with Crippen LogP contribution in [0.5, 0.6) is 0 Å². The van der Waals surface area contributed by atoms with Gasteiger partial charge in [-0.1, -0.05) is 15.9 Å². The number of nitrogens with zero attached hydrogens (tertiary/aromatic N) is 1. The van der Waals surface area contributed by atoms with Gasteiger partial charge in [0.05, 0.1) is 11.2 Å². The van der Waals surface area contributed by atoms with E-state index in [1.807, 2.05) is 0 Å². The topological polar surface area (TPSA) is 54.7 Å². The third-order valence-corrected chi connectivity index (χ3v) is 2.31. The fourth-order valence-electron chi connectivity index (χ4n) is 1.24. The van der Waals surface area contributed by atoms with Crippen LogP contribution in [0.25, 0.3) is 11.0 Å². The first-order chi connectivity index (χ1) is 6.88. The summed E-state index contributed by atoms with van der Waals surface area (Å²) in [6.07, 6.45) is -4.49. The largest absolute Gasteiger partial charge is 0.449 e. The number of H-pyrrole nitrogens is 1. The van der Waals surface area contributed by atoms with Gasteiger partial charge in [0.1, 0.15) is 5.52 Å². The Morgan fingerprint density at radius 1 is 1.33 bits per heavy atom. The maximum atomic E-state index is 12.3. The van der Waals surface area contributed by atoms with Gasteiger partial charge in [-0.3, -0.25) is 0 Å². The number of rotatable bonds is 0. The number of aromatic nitrogens is 2. The van der Waals surface area contributed by atoms with Gasteiger partial charge >= 0.3 is 6.18 Å². The monoisotopic (exact) mass is 279 g/mol. The maximum Gasteiger partial charge on any atom is 0.449 e. The minimum atomic E-state index is -4.49. The van der Waals surface area contributed by atoms with Crippen molar-refractivity contribution in [3.8, 4) is 0 Å². The van der Waals surface area contributed by atoms with Gasteiger partial charge in [0, 0.05) is 4.47 Å². The number of hydrogen-bond acceptors (Lipinski definition) is 2. The average molecular weight is 280 g/mol. The fraction of sp³-hybridized carbons (Fsp3) is 0.125. The second-order valence-electron chi connectivity index (χ2n) is 2.97. The van der Waals surface area contributed by atoms with Crippen molar-refractivity contribution in [2.24, 2.45) is 0 Å². The van der Waals surface area contributed by atoms with E-state index in [9.17, 15) is 13.2 Å². The summed E-state index contributed by atoms with van der Waals surface area (Å²) in [4.78, 5) is 5.57. The molecule has 0 aliphatic carbocycles.